The number of aliphatic hydroxyl groups excluding tert-OH is 1. The fourth-order valence-electron chi connectivity index (χ4n) is 6.64. The fraction of sp³-hybridized carbons (Fsp3) is 0.742. The highest BCUT2D eigenvalue weighted by Crippen LogP contribution is 2.65. The third kappa shape index (κ3) is 5.57. The van der Waals surface area contributed by atoms with Crippen LogP contribution in [0.2, 0.25) is 0 Å². The summed E-state index contributed by atoms with van der Waals surface area (Å²) in [5.74, 6) is 3.17. The molecule has 206 valence electrons. The molecule has 1 spiro atoms. The molecule has 1 saturated heterocycles. The van der Waals surface area contributed by atoms with E-state index in [0.29, 0.717) is 12.0 Å². The zero-order chi connectivity index (χ0) is 27.8. The van der Waals surface area contributed by atoms with Crippen molar-refractivity contribution in [2.24, 2.45) is 17.8 Å². The number of nitrogens with zero attached hydrogens (tertiary/aromatic N) is 1. The van der Waals surface area contributed by atoms with Crippen molar-refractivity contribution in [2.45, 2.75) is 104 Å². The highest BCUT2D eigenvalue weighted by atomic mass is 16.6. The van der Waals surface area contributed by atoms with Crippen LogP contribution in [0.3, 0.4) is 0 Å². The molecule has 5 rings (SSSR count). The highest BCUT2D eigenvalue weighted by Gasteiger charge is 2.67. The van der Waals surface area contributed by atoms with E-state index in [9.17, 15) is 5.11 Å². The van der Waals surface area contributed by atoms with Gasteiger partial charge in [-0.2, -0.15) is 0 Å². The number of rotatable bonds is 3. The van der Waals surface area contributed by atoms with E-state index in [0.717, 1.165) is 43.2 Å². The van der Waals surface area contributed by atoms with Crippen LogP contribution in [0.25, 0.3) is 0 Å². The molecule has 4 aliphatic rings. The standard InChI is InChI=1S/C21H29NO4.C4H10.2C2H6.C2H2/c1-11(23)13-10-14-15-9-12-5-6-16(24-3)19-17(12)21(14,7-8-22(15)2)20(26-19)18(13)25-4;1-4(2)3;3*1-2/h5-6,11,13-15,18,20,23H,7-10H2,1-4H3;4H,1-3H3;2*1-2H3;1-2H/t11-,13+,14?,15+,18?,20-,21-;;;;/m0..../s1. The molecule has 7 atom stereocenters. The van der Waals surface area contributed by atoms with Gasteiger partial charge in [0.1, 0.15) is 12.2 Å². The van der Waals surface area contributed by atoms with Crippen molar-refractivity contribution < 1.29 is 19.3 Å². The van der Waals surface area contributed by atoms with E-state index in [-0.39, 0.29) is 23.5 Å². The molecule has 0 aromatic heterocycles. The molecular weight excluding hydrogens is 450 g/mol. The Bertz CT molecular complexity index is 818. The second kappa shape index (κ2) is 14.3. The quantitative estimate of drug-likeness (QED) is 0.517. The molecule has 2 fully saturated rings. The van der Waals surface area contributed by atoms with Gasteiger partial charge in [-0.25, -0.2) is 0 Å². The summed E-state index contributed by atoms with van der Waals surface area (Å²) < 4.78 is 18.3. The zero-order valence-electron chi connectivity index (χ0n) is 24.8. The van der Waals surface area contributed by atoms with Crippen molar-refractivity contribution in [3.8, 4) is 24.3 Å². The third-order valence-electron chi connectivity index (χ3n) is 7.78. The largest absolute Gasteiger partial charge is 0.493 e. The van der Waals surface area contributed by atoms with Crippen LogP contribution in [0, 0.1) is 30.6 Å². The van der Waals surface area contributed by atoms with Gasteiger partial charge in [0.25, 0.3) is 0 Å². The van der Waals surface area contributed by atoms with Crippen molar-refractivity contribution in [1.29, 1.82) is 0 Å². The van der Waals surface area contributed by atoms with Gasteiger partial charge in [0, 0.05) is 30.0 Å². The lowest BCUT2D eigenvalue weighted by Crippen LogP contribution is -2.69. The fourth-order valence-corrected chi connectivity index (χ4v) is 6.64. The average Bonchev–Trinajstić information content (AvgIpc) is 3.23. The minimum atomic E-state index is -0.404. The number of ether oxygens (including phenoxy) is 3. The lowest BCUT2D eigenvalue weighted by Gasteiger charge is -2.60. The van der Waals surface area contributed by atoms with Crippen LogP contribution in [-0.4, -0.2) is 62.2 Å². The first-order valence-corrected chi connectivity index (χ1v) is 13.9. The van der Waals surface area contributed by atoms with Gasteiger partial charge < -0.3 is 24.2 Å². The summed E-state index contributed by atoms with van der Waals surface area (Å²) in [6.07, 6.45) is 10.6. The Morgan fingerprint density at radius 3 is 2.17 bits per heavy atom. The smallest absolute Gasteiger partial charge is 0.165 e. The molecule has 5 heteroatoms. The molecule has 1 aromatic rings. The summed E-state index contributed by atoms with van der Waals surface area (Å²) in [5.41, 5.74) is 2.77. The van der Waals surface area contributed by atoms with Crippen molar-refractivity contribution in [1.82, 2.24) is 4.90 Å². The molecule has 2 unspecified atom stereocenters. The van der Waals surface area contributed by atoms with Crippen LogP contribution >= 0.6 is 0 Å². The Hall–Kier alpha value is -1.74. The van der Waals surface area contributed by atoms with Gasteiger partial charge in [-0.05, 0) is 63.2 Å². The van der Waals surface area contributed by atoms with E-state index < -0.39 is 6.10 Å². The number of piperidine rings is 1. The molecule has 1 saturated carbocycles. The number of likely N-dealkylation sites (N-methyl/N-ethyl adjacent to an activating group) is 1. The van der Waals surface area contributed by atoms with E-state index in [2.05, 4.69) is 51.6 Å². The van der Waals surface area contributed by atoms with Crippen molar-refractivity contribution in [3.63, 3.8) is 0 Å². The minimum Gasteiger partial charge on any atom is -0.493 e. The number of likely N-dealkylation sites (tertiary alicyclic amines) is 1. The second-order valence-electron chi connectivity index (χ2n) is 10.4. The van der Waals surface area contributed by atoms with Gasteiger partial charge in [-0.1, -0.05) is 54.5 Å². The topological polar surface area (TPSA) is 51.2 Å². The van der Waals surface area contributed by atoms with Crippen LogP contribution < -0.4 is 9.47 Å². The SMILES string of the molecule is C#C.CC.CC.CC(C)C.COc1ccc2c3c1O[C@H]1C(OC)[C@@H]([C@H](C)O)CC4[C@@H](C2)N(C)CC[C@@]341. The molecule has 0 radical (unpaired) electrons. The number of terminal acetylenes is 1. The predicted octanol–water partition coefficient (Wildman–Crippen LogP) is 5.95. The van der Waals surface area contributed by atoms with Gasteiger partial charge >= 0.3 is 0 Å². The van der Waals surface area contributed by atoms with Crippen LogP contribution in [-0.2, 0) is 16.6 Å². The Morgan fingerprint density at radius 1 is 1.08 bits per heavy atom. The summed E-state index contributed by atoms with van der Waals surface area (Å²) in [5, 5.41) is 10.5. The monoisotopic (exact) mass is 503 g/mol. The lowest BCUT2D eigenvalue weighted by atomic mass is 9.49. The summed E-state index contributed by atoms with van der Waals surface area (Å²) in [7, 11) is 5.72. The molecule has 36 heavy (non-hydrogen) atoms. The number of benzene rings is 1. The van der Waals surface area contributed by atoms with Crippen molar-refractivity contribution in [3.05, 3.63) is 23.3 Å². The summed E-state index contributed by atoms with van der Waals surface area (Å²) in [4.78, 5) is 2.52. The first-order valence-electron chi connectivity index (χ1n) is 13.9. The van der Waals surface area contributed by atoms with E-state index in [1.807, 2.05) is 40.7 Å². The van der Waals surface area contributed by atoms with Crippen LogP contribution in [0.4, 0.5) is 0 Å². The van der Waals surface area contributed by atoms with E-state index >= 15 is 0 Å². The molecule has 2 aliphatic carbocycles. The molecule has 5 nitrogen and oxygen atoms in total. The maximum atomic E-state index is 10.5. The maximum Gasteiger partial charge on any atom is 0.165 e. The van der Waals surface area contributed by atoms with Crippen LogP contribution in [0.1, 0.15) is 79.4 Å². The molecule has 2 heterocycles. The molecule has 2 bridgehead atoms. The summed E-state index contributed by atoms with van der Waals surface area (Å²) >= 11 is 0. The van der Waals surface area contributed by atoms with Crippen LogP contribution in [0.15, 0.2) is 12.1 Å². The maximum absolute atomic E-state index is 10.5. The molecule has 1 aromatic carbocycles. The second-order valence-corrected chi connectivity index (χ2v) is 10.4. The number of methoxy groups -OCH3 is 2. The summed E-state index contributed by atoms with van der Waals surface area (Å²) in [6, 6.07) is 4.78. The third-order valence-corrected chi connectivity index (χ3v) is 7.78. The highest BCUT2D eigenvalue weighted by molar-refractivity contribution is 5.61. The van der Waals surface area contributed by atoms with E-state index in [1.165, 1.54) is 11.1 Å². The first kappa shape index (κ1) is 32.3. The van der Waals surface area contributed by atoms with Gasteiger partial charge in [-0.15, -0.1) is 12.8 Å². The number of hydrogen-bond donors (Lipinski definition) is 1. The Labute approximate surface area is 221 Å². The Balaban J connectivity index is 0.000000573. The van der Waals surface area contributed by atoms with E-state index in [4.69, 9.17) is 14.2 Å². The van der Waals surface area contributed by atoms with E-state index in [1.54, 1.807) is 14.2 Å². The van der Waals surface area contributed by atoms with Crippen LogP contribution in [0.5, 0.6) is 11.5 Å². The Morgan fingerprint density at radius 2 is 1.67 bits per heavy atom. The average molecular weight is 504 g/mol. The summed E-state index contributed by atoms with van der Waals surface area (Å²) in [6.45, 7) is 17.5. The van der Waals surface area contributed by atoms with Gasteiger partial charge in [0.2, 0.25) is 0 Å². The zero-order valence-corrected chi connectivity index (χ0v) is 24.8. The van der Waals surface area contributed by atoms with Crippen molar-refractivity contribution >= 4 is 0 Å². The number of aliphatic hydroxyl groups is 1. The van der Waals surface area contributed by atoms with Gasteiger partial charge in [0.05, 0.1) is 13.2 Å². The molecule has 2 aliphatic heterocycles. The lowest BCUT2D eigenvalue weighted by molar-refractivity contribution is -0.157. The minimum absolute atomic E-state index is 0.0132. The molecule has 1 N–H and O–H groups in total. The Kier molecular flexibility index (Phi) is 12.8. The predicted molar refractivity (Wildman–Crippen MR) is 151 cm³/mol. The van der Waals surface area contributed by atoms with Crippen molar-refractivity contribution in [2.75, 3.05) is 27.8 Å². The van der Waals surface area contributed by atoms with Gasteiger partial charge in [0.15, 0.2) is 11.5 Å². The normalized spacial score (nSPS) is 31.2. The molecular formula is C31H53NO4. The first-order chi connectivity index (χ1) is 17.3. The molecule has 0 amide bonds. The van der Waals surface area contributed by atoms with Gasteiger partial charge in [-0.3, -0.25) is 0 Å². The number of hydrogen-bond acceptors (Lipinski definition) is 5.